The van der Waals surface area contributed by atoms with Crippen molar-refractivity contribution in [1.29, 1.82) is 0 Å². The minimum absolute atomic E-state index is 0.134. The average Bonchev–Trinajstić information content (AvgIpc) is 3.11. The maximum atomic E-state index is 13.8. The molecule has 0 saturated carbocycles. The highest BCUT2D eigenvalue weighted by Crippen LogP contribution is 2.26. The molecule has 0 aliphatic heterocycles. The highest BCUT2D eigenvalue weighted by atomic mass is 79.9. The smallest absolute Gasteiger partial charge is 0.237 e. The lowest BCUT2D eigenvalue weighted by Crippen LogP contribution is -2.23. The van der Waals surface area contributed by atoms with Gasteiger partial charge in [-0.3, -0.25) is 4.79 Å². The van der Waals surface area contributed by atoms with E-state index in [1.807, 2.05) is 12.1 Å². The number of nitrogens with zero attached hydrogens (tertiary/aromatic N) is 2. The third-order valence-corrected chi connectivity index (χ3v) is 5.55. The average molecular weight is 471 g/mol. The largest absolute Gasteiger partial charge is 0.338 e. The van der Waals surface area contributed by atoms with Gasteiger partial charge in [-0.15, -0.1) is 11.8 Å². The number of thioether (sulfide) groups is 1. The molecule has 0 radical (unpaired) electrons. The molecule has 0 unspecified atom stereocenters. The lowest BCUT2D eigenvalue weighted by molar-refractivity contribution is -0.115. The van der Waals surface area contributed by atoms with Crippen molar-refractivity contribution in [3.05, 3.63) is 63.7 Å². The summed E-state index contributed by atoms with van der Waals surface area (Å²) in [5.74, 6) is 0.299. The molecule has 3 rings (SSSR count). The molecule has 0 fully saturated rings. The molecule has 0 saturated heterocycles. The first-order valence-electron chi connectivity index (χ1n) is 7.89. The summed E-state index contributed by atoms with van der Waals surface area (Å²) in [7, 11) is 0. The summed E-state index contributed by atoms with van der Waals surface area (Å²) in [6.07, 6.45) is 0. The molecule has 3 aromatic rings. The Labute approximate surface area is 172 Å². The van der Waals surface area contributed by atoms with E-state index in [2.05, 4.69) is 31.4 Å². The van der Waals surface area contributed by atoms with Crippen molar-refractivity contribution in [3.8, 4) is 11.4 Å². The molecule has 1 N–H and O–H groups in total. The van der Waals surface area contributed by atoms with E-state index in [4.69, 9.17) is 16.1 Å². The van der Waals surface area contributed by atoms with Gasteiger partial charge in [0, 0.05) is 10.0 Å². The molecule has 5 nitrogen and oxygen atoms in total. The molecule has 1 amide bonds. The lowest BCUT2D eigenvalue weighted by Gasteiger charge is -2.11. The van der Waals surface area contributed by atoms with E-state index in [-0.39, 0.29) is 11.6 Å². The SMILES string of the molecule is C[C@@H](SCc1nc(-c2ccccc2Cl)no1)C(=O)Nc1ccc(Br)cc1F. The summed E-state index contributed by atoms with van der Waals surface area (Å²) in [4.78, 5) is 16.5. The fraction of sp³-hybridized carbons (Fsp3) is 0.167. The number of benzene rings is 2. The number of anilines is 1. The predicted molar refractivity (Wildman–Crippen MR) is 108 cm³/mol. The molecular formula is C18H14BrClFN3O2S. The molecule has 0 aliphatic carbocycles. The quantitative estimate of drug-likeness (QED) is 0.511. The van der Waals surface area contributed by atoms with Crippen LogP contribution in [0.15, 0.2) is 51.5 Å². The van der Waals surface area contributed by atoms with Crippen molar-refractivity contribution in [2.75, 3.05) is 5.32 Å². The molecule has 9 heteroatoms. The van der Waals surface area contributed by atoms with Crippen molar-refractivity contribution in [2.24, 2.45) is 0 Å². The summed E-state index contributed by atoms with van der Waals surface area (Å²) in [6, 6.07) is 11.6. The Morgan fingerprint density at radius 3 is 2.89 bits per heavy atom. The van der Waals surface area contributed by atoms with Crippen molar-refractivity contribution in [3.63, 3.8) is 0 Å². The Morgan fingerprint density at radius 1 is 1.37 bits per heavy atom. The van der Waals surface area contributed by atoms with Crippen LogP contribution in [0.4, 0.5) is 10.1 Å². The van der Waals surface area contributed by atoms with Gasteiger partial charge in [0.1, 0.15) is 5.82 Å². The summed E-state index contributed by atoms with van der Waals surface area (Å²) in [5, 5.41) is 6.58. The summed E-state index contributed by atoms with van der Waals surface area (Å²) < 4.78 is 19.6. The van der Waals surface area contributed by atoms with E-state index in [1.165, 1.54) is 23.9 Å². The highest BCUT2D eigenvalue weighted by molar-refractivity contribution is 9.10. The van der Waals surface area contributed by atoms with Gasteiger partial charge in [-0.25, -0.2) is 4.39 Å². The van der Waals surface area contributed by atoms with E-state index in [0.29, 0.717) is 32.5 Å². The van der Waals surface area contributed by atoms with Crippen LogP contribution in [0.3, 0.4) is 0 Å². The monoisotopic (exact) mass is 469 g/mol. The van der Waals surface area contributed by atoms with Crippen LogP contribution in [0.1, 0.15) is 12.8 Å². The van der Waals surface area contributed by atoms with E-state index < -0.39 is 11.1 Å². The number of nitrogens with one attached hydrogen (secondary N) is 1. The van der Waals surface area contributed by atoms with E-state index in [0.717, 1.165) is 0 Å². The first kappa shape index (κ1) is 19.9. The maximum Gasteiger partial charge on any atom is 0.237 e. The van der Waals surface area contributed by atoms with Gasteiger partial charge >= 0.3 is 0 Å². The zero-order chi connectivity index (χ0) is 19.4. The number of amides is 1. The normalized spacial score (nSPS) is 12.0. The van der Waals surface area contributed by atoms with Gasteiger partial charge in [-0.2, -0.15) is 4.98 Å². The van der Waals surface area contributed by atoms with Crippen LogP contribution in [0.2, 0.25) is 5.02 Å². The standard InChI is InChI=1S/C18H14BrClFN3O2S/c1-10(18(25)22-15-7-6-11(19)8-14(15)21)27-9-16-23-17(24-26-16)12-4-2-3-5-13(12)20/h2-8,10H,9H2,1H3,(H,22,25)/t10-/m1/s1. The molecule has 1 aromatic heterocycles. The molecular weight excluding hydrogens is 457 g/mol. The molecule has 27 heavy (non-hydrogen) atoms. The van der Waals surface area contributed by atoms with Crippen LogP contribution in [0.25, 0.3) is 11.4 Å². The van der Waals surface area contributed by atoms with Gasteiger partial charge in [0.15, 0.2) is 0 Å². The number of carbonyl (C=O) groups is 1. The zero-order valence-corrected chi connectivity index (χ0v) is 17.2. The Balaban J connectivity index is 1.58. The van der Waals surface area contributed by atoms with Gasteiger partial charge in [-0.05, 0) is 37.3 Å². The van der Waals surface area contributed by atoms with Crippen LogP contribution in [-0.2, 0) is 10.5 Å². The molecule has 1 atom stereocenters. The number of carbonyl (C=O) groups excluding carboxylic acids is 1. The Morgan fingerprint density at radius 2 is 2.15 bits per heavy atom. The molecule has 0 aliphatic rings. The lowest BCUT2D eigenvalue weighted by atomic mass is 10.2. The van der Waals surface area contributed by atoms with Gasteiger partial charge < -0.3 is 9.84 Å². The van der Waals surface area contributed by atoms with E-state index in [1.54, 1.807) is 25.1 Å². The highest BCUT2D eigenvalue weighted by Gasteiger charge is 2.18. The summed E-state index contributed by atoms with van der Waals surface area (Å²) >= 11 is 10.6. The van der Waals surface area contributed by atoms with Crippen molar-refractivity contribution < 1.29 is 13.7 Å². The second kappa shape index (κ2) is 8.86. The third kappa shape index (κ3) is 5.09. The fourth-order valence-corrected chi connectivity index (χ4v) is 3.44. The summed E-state index contributed by atoms with van der Waals surface area (Å²) in [6.45, 7) is 1.72. The van der Waals surface area contributed by atoms with Crippen molar-refractivity contribution >= 4 is 50.9 Å². The molecule has 140 valence electrons. The number of aromatic nitrogens is 2. The van der Waals surface area contributed by atoms with E-state index in [9.17, 15) is 9.18 Å². The van der Waals surface area contributed by atoms with Crippen LogP contribution in [0, 0.1) is 5.82 Å². The van der Waals surface area contributed by atoms with Gasteiger partial charge in [0.2, 0.25) is 17.6 Å². The zero-order valence-electron chi connectivity index (χ0n) is 14.1. The molecule has 0 bridgehead atoms. The fourth-order valence-electron chi connectivity index (χ4n) is 2.16. The van der Waals surface area contributed by atoms with Crippen molar-refractivity contribution in [1.82, 2.24) is 10.1 Å². The maximum absolute atomic E-state index is 13.8. The Hall–Kier alpha value is -1.90. The molecule has 0 spiro atoms. The van der Waals surface area contributed by atoms with E-state index >= 15 is 0 Å². The van der Waals surface area contributed by atoms with Crippen molar-refractivity contribution in [2.45, 2.75) is 17.9 Å². The number of hydrogen-bond donors (Lipinski definition) is 1. The van der Waals surface area contributed by atoms with Crippen LogP contribution in [-0.4, -0.2) is 21.3 Å². The second-order valence-electron chi connectivity index (χ2n) is 5.56. The number of rotatable bonds is 6. The molecule has 2 aromatic carbocycles. The van der Waals surface area contributed by atoms with Crippen LogP contribution in [0.5, 0.6) is 0 Å². The first-order chi connectivity index (χ1) is 12.9. The summed E-state index contributed by atoms with van der Waals surface area (Å²) in [5.41, 5.74) is 0.810. The van der Waals surface area contributed by atoms with Gasteiger partial charge in [-0.1, -0.05) is 44.8 Å². The number of hydrogen-bond acceptors (Lipinski definition) is 5. The van der Waals surface area contributed by atoms with Gasteiger partial charge in [0.05, 0.1) is 21.7 Å². The number of halogens is 3. The third-order valence-electron chi connectivity index (χ3n) is 3.60. The van der Waals surface area contributed by atoms with Gasteiger partial charge in [0.25, 0.3) is 0 Å². The first-order valence-corrected chi connectivity index (χ1v) is 10.1. The minimum atomic E-state index is -0.504. The second-order valence-corrected chi connectivity index (χ2v) is 8.21. The van der Waals surface area contributed by atoms with Crippen LogP contribution >= 0.6 is 39.3 Å². The minimum Gasteiger partial charge on any atom is -0.338 e. The molecule has 1 heterocycles. The Bertz CT molecular complexity index is 969. The predicted octanol–water partition coefficient (Wildman–Crippen LogP) is 5.55. The van der Waals surface area contributed by atoms with Crippen LogP contribution < -0.4 is 5.32 Å². The topological polar surface area (TPSA) is 68.0 Å². The Kier molecular flexibility index (Phi) is 6.51.